The first-order valence-electron chi connectivity index (χ1n) is 6.46. The van der Waals surface area contributed by atoms with Gasteiger partial charge in [-0.3, -0.25) is 15.5 Å². The molecule has 0 aromatic heterocycles. The molecule has 2 aromatic carbocycles. The molecule has 0 bridgehead atoms. The summed E-state index contributed by atoms with van der Waals surface area (Å²) < 4.78 is 0. The van der Waals surface area contributed by atoms with E-state index in [0.717, 1.165) is 11.3 Å². The highest BCUT2D eigenvalue weighted by atomic mass is 32.1. The number of nitro benzene ring substituents is 1. The highest BCUT2D eigenvalue weighted by molar-refractivity contribution is 7.80. The van der Waals surface area contributed by atoms with E-state index < -0.39 is 4.92 Å². The molecule has 0 radical (unpaired) electrons. The van der Waals surface area contributed by atoms with Crippen molar-refractivity contribution in [1.29, 1.82) is 0 Å². The van der Waals surface area contributed by atoms with Gasteiger partial charge in [0.25, 0.3) is 5.69 Å². The molecule has 2 rings (SSSR count). The normalized spacial score (nSPS) is 10.4. The van der Waals surface area contributed by atoms with Crippen LogP contribution >= 0.6 is 12.2 Å². The third-order valence-corrected chi connectivity index (χ3v) is 2.97. The van der Waals surface area contributed by atoms with E-state index in [0.29, 0.717) is 10.7 Å². The van der Waals surface area contributed by atoms with Crippen molar-refractivity contribution in [1.82, 2.24) is 5.43 Å². The zero-order valence-corrected chi connectivity index (χ0v) is 12.6. The number of anilines is 1. The van der Waals surface area contributed by atoms with Crippen molar-refractivity contribution in [3.8, 4) is 0 Å². The molecule has 0 spiro atoms. The minimum absolute atomic E-state index is 0.00869. The van der Waals surface area contributed by atoms with Gasteiger partial charge in [0.05, 0.1) is 16.7 Å². The van der Waals surface area contributed by atoms with Crippen LogP contribution in [-0.2, 0) is 0 Å². The number of nitrogens with zero attached hydrogens (tertiary/aromatic N) is 2. The lowest BCUT2D eigenvalue weighted by Crippen LogP contribution is -2.23. The molecule has 0 aliphatic carbocycles. The predicted octanol–water partition coefficient (Wildman–Crippen LogP) is 3.22. The molecule has 2 aromatic rings. The van der Waals surface area contributed by atoms with Crippen LogP contribution in [0.15, 0.2) is 53.6 Å². The van der Waals surface area contributed by atoms with Gasteiger partial charge in [0.1, 0.15) is 0 Å². The molecule has 0 unspecified atom stereocenters. The Hall–Kier alpha value is -2.80. The van der Waals surface area contributed by atoms with E-state index in [2.05, 4.69) is 15.8 Å². The number of rotatable bonds is 4. The Labute approximate surface area is 133 Å². The molecule has 0 atom stereocenters. The van der Waals surface area contributed by atoms with Crippen LogP contribution in [-0.4, -0.2) is 16.3 Å². The quantitative estimate of drug-likeness (QED) is 0.392. The van der Waals surface area contributed by atoms with Gasteiger partial charge >= 0.3 is 0 Å². The molecule has 0 amide bonds. The summed E-state index contributed by atoms with van der Waals surface area (Å²) in [6, 6.07) is 14.1. The topological polar surface area (TPSA) is 79.6 Å². The Balaban J connectivity index is 1.98. The van der Waals surface area contributed by atoms with Crippen LogP contribution in [0.1, 0.15) is 11.1 Å². The Bertz CT molecular complexity index is 731. The number of benzene rings is 2. The SMILES string of the molecule is Cc1cccc(NC(=S)N/N=C\c2ccccc2[N+](=O)[O-])c1. The molecule has 6 nitrogen and oxygen atoms in total. The molecule has 0 heterocycles. The molecule has 0 fully saturated rings. The van der Waals surface area contributed by atoms with Gasteiger partial charge in [0.15, 0.2) is 5.11 Å². The van der Waals surface area contributed by atoms with Crippen molar-refractivity contribution in [2.75, 3.05) is 5.32 Å². The highest BCUT2D eigenvalue weighted by Crippen LogP contribution is 2.15. The summed E-state index contributed by atoms with van der Waals surface area (Å²) >= 11 is 5.11. The largest absolute Gasteiger partial charge is 0.331 e. The van der Waals surface area contributed by atoms with Crippen molar-refractivity contribution in [2.24, 2.45) is 5.10 Å². The standard InChI is InChI=1S/C15H14N4O2S/c1-11-5-4-7-13(9-11)17-15(22)18-16-10-12-6-2-3-8-14(12)19(20)21/h2-10H,1H3,(H2,17,18,22)/b16-10-. The Morgan fingerprint density at radius 1 is 1.27 bits per heavy atom. The van der Waals surface area contributed by atoms with Gasteiger partial charge in [-0.2, -0.15) is 5.10 Å². The Morgan fingerprint density at radius 2 is 2.05 bits per heavy atom. The van der Waals surface area contributed by atoms with Crippen LogP contribution in [0.4, 0.5) is 11.4 Å². The minimum Gasteiger partial charge on any atom is -0.331 e. The first-order valence-corrected chi connectivity index (χ1v) is 6.87. The van der Waals surface area contributed by atoms with Gasteiger partial charge in [0.2, 0.25) is 0 Å². The first-order chi connectivity index (χ1) is 10.6. The molecule has 7 heteroatoms. The molecule has 0 saturated carbocycles. The smallest absolute Gasteiger partial charge is 0.278 e. The van der Waals surface area contributed by atoms with Crippen LogP contribution in [0.2, 0.25) is 0 Å². The molecule has 112 valence electrons. The zero-order chi connectivity index (χ0) is 15.9. The fraction of sp³-hybridized carbons (Fsp3) is 0.0667. The fourth-order valence-electron chi connectivity index (χ4n) is 1.81. The number of thiocarbonyl (C=S) groups is 1. The third kappa shape index (κ3) is 4.35. The van der Waals surface area contributed by atoms with E-state index in [9.17, 15) is 10.1 Å². The molecule has 2 N–H and O–H groups in total. The van der Waals surface area contributed by atoms with Gasteiger partial charge in [-0.15, -0.1) is 0 Å². The molecule has 0 aliphatic heterocycles. The molecule has 22 heavy (non-hydrogen) atoms. The second-order valence-electron chi connectivity index (χ2n) is 4.51. The van der Waals surface area contributed by atoms with Gasteiger partial charge in [0, 0.05) is 11.8 Å². The second-order valence-corrected chi connectivity index (χ2v) is 4.92. The molecular formula is C15H14N4O2S. The average molecular weight is 314 g/mol. The fourth-order valence-corrected chi connectivity index (χ4v) is 1.98. The summed E-state index contributed by atoms with van der Waals surface area (Å²) in [6.45, 7) is 1.98. The summed E-state index contributed by atoms with van der Waals surface area (Å²) in [6.07, 6.45) is 1.36. The molecule has 0 aliphatic rings. The maximum atomic E-state index is 10.9. The van der Waals surface area contributed by atoms with Crippen LogP contribution in [0, 0.1) is 17.0 Å². The third-order valence-electron chi connectivity index (χ3n) is 2.78. The van der Waals surface area contributed by atoms with Crippen LogP contribution in [0.3, 0.4) is 0 Å². The number of aryl methyl sites for hydroxylation is 1. The second kappa shape index (κ2) is 7.28. The van der Waals surface area contributed by atoms with E-state index in [1.165, 1.54) is 12.3 Å². The lowest BCUT2D eigenvalue weighted by atomic mass is 10.2. The van der Waals surface area contributed by atoms with Crippen molar-refractivity contribution in [3.63, 3.8) is 0 Å². The van der Waals surface area contributed by atoms with Gasteiger partial charge < -0.3 is 5.32 Å². The number of hydrogen-bond donors (Lipinski definition) is 2. The number of nitrogens with one attached hydrogen (secondary N) is 2. The van der Waals surface area contributed by atoms with Crippen molar-refractivity contribution in [3.05, 3.63) is 69.8 Å². The van der Waals surface area contributed by atoms with Crippen LogP contribution < -0.4 is 10.7 Å². The minimum atomic E-state index is -0.454. The Morgan fingerprint density at radius 3 is 2.77 bits per heavy atom. The zero-order valence-electron chi connectivity index (χ0n) is 11.8. The van der Waals surface area contributed by atoms with Crippen LogP contribution in [0.5, 0.6) is 0 Å². The lowest BCUT2D eigenvalue weighted by molar-refractivity contribution is -0.385. The molecular weight excluding hydrogens is 300 g/mol. The van der Waals surface area contributed by atoms with E-state index in [4.69, 9.17) is 12.2 Å². The van der Waals surface area contributed by atoms with E-state index >= 15 is 0 Å². The van der Waals surface area contributed by atoms with E-state index in [1.54, 1.807) is 18.2 Å². The van der Waals surface area contributed by atoms with E-state index in [1.807, 2.05) is 31.2 Å². The summed E-state index contributed by atoms with van der Waals surface area (Å²) in [7, 11) is 0. The number of nitro groups is 1. The van der Waals surface area contributed by atoms with Crippen molar-refractivity contribution >= 4 is 34.9 Å². The monoisotopic (exact) mass is 314 g/mol. The Kier molecular flexibility index (Phi) is 5.16. The highest BCUT2D eigenvalue weighted by Gasteiger charge is 2.09. The van der Waals surface area contributed by atoms with Crippen molar-refractivity contribution in [2.45, 2.75) is 6.92 Å². The molecule has 0 saturated heterocycles. The number of para-hydroxylation sites is 1. The van der Waals surface area contributed by atoms with E-state index in [-0.39, 0.29) is 5.69 Å². The maximum Gasteiger partial charge on any atom is 0.278 e. The number of hydrazone groups is 1. The van der Waals surface area contributed by atoms with Gasteiger partial charge in [-0.25, -0.2) is 0 Å². The average Bonchev–Trinajstić information content (AvgIpc) is 2.47. The first kappa shape index (κ1) is 15.6. The summed E-state index contributed by atoms with van der Waals surface area (Å²) in [5.74, 6) is 0. The van der Waals surface area contributed by atoms with Crippen LogP contribution in [0.25, 0.3) is 0 Å². The van der Waals surface area contributed by atoms with Gasteiger partial charge in [-0.1, -0.05) is 24.3 Å². The van der Waals surface area contributed by atoms with Crippen molar-refractivity contribution < 1.29 is 4.92 Å². The predicted molar refractivity (Wildman–Crippen MR) is 91.2 cm³/mol. The number of hydrogen-bond acceptors (Lipinski definition) is 4. The maximum absolute atomic E-state index is 10.9. The summed E-state index contributed by atoms with van der Waals surface area (Å²) in [5, 5.41) is 18.1. The summed E-state index contributed by atoms with van der Waals surface area (Å²) in [4.78, 5) is 10.4. The lowest BCUT2D eigenvalue weighted by Gasteiger charge is -2.07. The van der Waals surface area contributed by atoms with Gasteiger partial charge in [-0.05, 0) is 42.9 Å². The summed E-state index contributed by atoms with van der Waals surface area (Å²) in [5.41, 5.74) is 4.98.